The summed E-state index contributed by atoms with van der Waals surface area (Å²) in [6, 6.07) is 5.48. The van der Waals surface area contributed by atoms with Crippen molar-refractivity contribution in [1.29, 1.82) is 0 Å². The van der Waals surface area contributed by atoms with E-state index in [1.165, 1.54) is 27.9 Å². The SMILES string of the molecule is CC1CCCC(/C=C/c2ccc(Br)s2)N1. The van der Waals surface area contributed by atoms with Gasteiger partial charge in [-0.2, -0.15) is 0 Å². The maximum Gasteiger partial charge on any atom is 0.0704 e. The number of piperidine rings is 1. The fourth-order valence-corrected chi connectivity index (χ4v) is 3.29. The lowest BCUT2D eigenvalue weighted by atomic mass is 9.99. The Balaban J connectivity index is 1.93. The Hall–Kier alpha value is -0.120. The van der Waals surface area contributed by atoms with Gasteiger partial charge in [0, 0.05) is 17.0 Å². The molecule has 0 spiro atoms. The summed E-state index contributed by atoms with van der Waals surface area (Å²) in [7, 11) is 0. The first-order valence-electron chi connectivity index (χ1n) is 5.43. The standard InChI is InChI=1S/C12H16BrNS/c1-9-3-2-4-10(14-9)5-6-11-7-8-12(13)15-11/h5-10,14H,2-4H2,1H3/b6-5+. The molecule has 0 radical (unpaired) electrons. The van der Waals surface area contributed by atoms with Gasteiger partial charge in [0.1, 0.15) is 0 Å². The minimum absolute atomic E-state index is 0.564. The van der Waals surface area contributed by atoms with Gasteiger partial charge in [-0.05, 0) is 53.9 Å². The van der Waals surface area contributed by atoms with Gasteiger partial charge in [0.2, 0.25) is 0 Å². The Morgan fingerprint density at radius 1 is 1.47 bits per heavy atom. The molecule has 0 aromatic carbocycles. The predicted octanol–water partition coefficient (Wildman–Crippen LogP) is 4.05. The molecule has 82 valence electrons. The molecule has 2 rings (SSSR count). The van der Waals surface area contributed by atoms with E-state index in [0.717, 1.165) is 0 Å². The minimum Gasteiger partial charge on any atom is -0.308 e. The molecule has 1 aliphatic heterocycles. The Labute approximate surface area is 104 Å². The van der Waals surface area contributed by atoms with Crippen LogP contribution in [0.15, 0.2) is 22.0 Å². The van der Waals surface area contributed by atoms with Crippen molar-refractivity contribution in [2.45, 2.75) is 38.3 Å². The summed E-state index contributed by atoms with van der Waals surface area (Å²) in [5.74, 6) is 0. The van der Waals surface area contributed by atoms with E-state index in [4.69, 9.17) is 0 Å². The van der Waals surface area contributed by atoms with Crippen LogP contribution >= 0.6 is 27.3 Å². The van der Waals surface area contributed by atoms with Crippen molar-refractivity contribution >= 4 is 33.3 Å². The van der Waals surface area contributed by atoms with Crippen molar-refractivity contribution < 1.29 is 0 Å². The van der Waals surface area contributed by atoms with Gasteiger partial charge >= 0.3 is 0 Å². The van der Waals surface area contributed by atoms with Crippen molar-refractivity contribution in [2.24, 2.45) is 0 Å². The highest BCUT2D eigenvalue weighted by atomic mass is 79.9. The van der Waals surface area contributed by atoms with Crippen LogP contribution in [0.3, 0.4) is 0 Å². The van der Waals surface area contributed by atoms with Crippen LogP contribution < -0.4 is 5.32 Å². The average Bonchev–Trinajstić information content (AvgIpc) is 2.62. The lowest BCUT2D eigenvalue weighted by Crippen LogP contribution is -2.39. The van der Waals surface area contributed by atoms with Gasteiger partial charge < -0.3 is 5.32 Å². The first-order chi connectivity index (χ1) is 7.24. The lowest BCUT2D eigenvalue weighted by Gasteiger charge is -2.26. The van der Waals surface area contributed by atoms with Crippen LogP contribution in [-0.4, -0.2) is 12.1 Å². The zero-order valence-corrected chi connectivity index (χ0v) is 11.3. The summed E-state index contributed by atoms with van der Waals surface area (Å²) in [5, 5.41) is 3.60. The third-order valence-electron chi connectivity index (χ3n) is 2.74. The molecule has 0 bridgehead atoms. The summed E-state index contributed by atoms with van der Waals surface area (Å²) in [6.07, 6.45) is 8.46. The molecule has 2 unspecified atom stereocenters. The molecule has 1 aromatic rings. The van der Waals surface area contributed by atoms with E-state index in [2.05, 4.69) is 52.5 Å². The molecule has 1 saturated heterocycles. The zero-order valence-electron chi connectivity index (χ0n) is 8.87. The smallest absolute Gasteiger partial charge is 0.0704 e. The van der Waals surface area contributed by atoms with Crippen LogP contribution in [0, 0.1) is 0 Å². The Bertz CT molecular complexity index is 345. The fraction of sp³-hybridized carbons (Fsp3) is 0.500. The van der Waals surface area contributed by atoms with E-state index in [-0.39, 0.29) is 0 Å². The van der Waals surface area contributed by atoms with Crippen molar-refractivity contribution in [3.05, 3.63) is 26.9 Å². The molecule has 0 amide bonds. The maximum absolute atomic E-state index is 3.60. The summed E-state index contributed by atoms with van der Waals surface area (Å²) in [4.78, 5) is 1.32. The Kier molecular flexibility index (Phi) is 4.00. The van der Waals surface area contributed by atoms with Crippen molar-refractivity contribution in [2.75, 3.05) is 0 Å². The number of thiophene rings is 1. The van der Waals surface area contributed by atoms with E-state index in [9.17, 15) is 0 Å². The third kappa shape index (κ3) is 3.44. The number of hydrogen-bond acceptors (Lipinski definition) is 2. The molecular formula is C12H16BrNS. The topological polar surface area (TPSA) is 12.0 Å². The van der Waals surface area contributed by atoms with Crippen LogP contribution in [0.4, 0.5) is 0 Å². The highest BCUT2D eigenvalue weighted by Crippen LogP contribution is 2.23. The quantitative estimate of drug-likeness (QED) is 0.864. The molecular weight excluding hydrogens is 270 g/mol. The van der Waals surface area contributed by atoms with Crippen molar-refractivity contribution in [3.8, 4) is 0 Å². The van der Waals surface area contributed by atoms with E-state index in [0.29, 0.717) is 12.1 Å². The molecule has 2 heterocycles. The molecule has 0 saturated carbocycles. The van der Waals surface area contributed by atoms with Gasteiger partial charge in [-0.25, -0.2) is 0 Å². The summed E-state index contributed by atoms with van der Waals surface area (Å²) in [5.41, 5.74) is 0. The summed E-state index contributed by atoms with van der Waals surface area (Å²) in [6.45, 7) is 2.27. The van der Waals surface area contributed by atoms with E-state index < -0.39 is 0 Å². The number of nitrogens with one attached hydrogen (secondary N) is 1. The van der Waals surface area contributed by atoms with Crippen LogP contribution in [0.2, 0.25) is 0 Å². The second-order valence-corrected chi connectivity index (χ2v) is 6.60. The first-order valence-corrected chi connectivity index (χ1v) is 7.04. The minimum atomic E-state index is 0.564. The Morgan fingerprint density at radius 3 is 3.00 bits per heavy atom. The zero-order chi connectivity index (χ0) is 10.7. The van der Waals surface area contributed by atoms with Crippen LogP contribution in [0.25, 0.3) is 6.08 Å². The van der Waals surface area contributed by atoms with E-state index in [1.54, 1.807) is 11.3 Å². The lowest BCUT2D eigenvalue weighted by molar-refractivity contribution is 0.375. The molecule has 3 heteroatoms. The molecule has 1 nitrogen and oxygen atoms in total. The van der Waals surface area contributed by atoms with Gasteiger partial charge in [0.15, 0.2) is 0 Å². The first kappa shape index (κ1) is 11.4. The van der Waals surface area contributed by atoms with Gasteiger partial charge in [-0.1, -0.05) is 12.5 Å². The van der Waals surface area contributed by atoms with Gasteiger partial charge in [-0.15, -0.1) is 11.3 Å². The molecule has 0 aliphatic carbocycles. The summed E-state index contributed by atoms with van der Waals surface area (Å²) >= 11 is 5.26. The molecule has 1 aliphatic rings. The molecule has 1 aromatic heterocycles. The highest BCUT2D eigenvalue weighted by molar-refractivity contribution is 9.11. The predicted molar refractivity (Wildman–Crippen MR) is 71.3 cm³/mol. The number of hydrogen-bond donors (Lipinski definition) is 1. The molecule has 1 fully saturated rings. The van der Waals surface area contributed by atoms with Gasteiger partial charge in [0.05, 0.1) is 3.79 Å². The van der Waals surface area contributed by atoms with Crippen LogP contribution in [-0.2, 0) is 0 Å². The van der Waals surface area contributed by atoms with Crippen molar-refractivity contribution in [1.82, 2.24) is 5.32 Å². The number of halogens is 1. The third-order valence-corrected chi connectivity index (χ3v) is 4.33. The second kappa shape index (κ2) is 5.28. The molecule has 15 heavy (non-hydrogen) atoms. The average molecular weight is 286 g/mol. The van der Waals surface area contributed by atoms with E-state index in [1.807, 2.05) is 0 Å². The summed E-state index contributed by atoms with van der Waals surface area (Å²) < 4.78 is 1.20. The van der Waals surface area contributed by atoms with Gasteiger partial charge in [-0.3, -0.25) is 0 Å². The van der Waals surface area contributed by atoms with Crippen LogP contribution in [0.5, 0.6) is 0 Å². The van der Waals surface area contributed by atoms with Crippen molar-refractivity contribution in [3.63, 3.8) is 0 Å². The van der Waals surface area contributed by atoms with Crippen LogP contribution in [0.1, 0.15) is 31.1 Å². The molecule has 2 atom stereocenters. The Morgan fingerprint density at radius 2 is 2.33 bits per heavy atom. The normalized spacial score (nSPS) is 27.3. The highest BCUT2D eigenvalue weighted by Gasteiger charge is 2.14. The fourth-order valence-electron chi connectivity index (χ4n) is 1.96. The monoisotopic (exact) mass is 285 g/mol. The molecule has 1 N–H and O–H groups in total. The van der Waals surface area contributed by atoms with Gasteiger partial charge in [0.25, 0.3) is 0 Å². The van der Waals surface area contributed by atoms with E-state index >= 15 is 0 Å². The largest absolute Gasteiger partial charge is 0.308 e. The number of rotatable bonds is 2. The maximum atomic E-state index is 3.60. The second-order valence-electron chi connectivity index (χ2n) is 4.11.